The van der Waals surface area contributed by atoms with Gasteiger partial charge in [-0.1, -0.05) is 56.1 Å². The van der Waals surface area contributed by atoms with Crippen LogP contribution in [-0.4, -0.2) is 0 Å². The van der Waals surface area contributed by atoms with E-state index in [1.807, 2.05) is 12.1 Å². The molecule has 0 radical (unpaired) electrons. The van der Waals surface area contributed by atoms with Gasteiger partial charge in [0.2, 0.25) is 0 Å². The van der Waals surface area contributed by atoms with Crippen molar-refractivity contribution in [2.45, 2.75) is 26.8 Å². The quantitative estimate of drug-likeness (QED) is 0.846. The highest BCUT2D eigenvalue weighted by atomic mass is 35.5. The van der Waals surface area contributed by atoms with Crippen LogP contribution in [0.1, 0.15) is 32.4 Å². The van der Waals surface area contributed by atoms with Crippen molar-refractivity contribution >= 4 is 23.2 Å². The van der Waals surface area contributed by atoms with Crippen molar-refractivity contribution < 1.29 is 0 Å². The molecule has 0 aromatic heterocycles. The minimum Gasteiger partial charge on any atom is -0.324 e. The molecular weight excluding hydrogens is 229 g/mol. The van der Waals surface area contributed by atoms with Crippen molar-refractivity contribution in [3.63, 3.8) is 0 Å². The number of rotatable bonds is 3. The zero-order valence-corrected chi connectivity index (χ0v) is 10.8. The van der Waals surface area contributed by atoms with Crippen LogP contribution in [0.25, 0.3) is 0 Å². The summed E-state index contributed by atoms with van der Waals surface area (Å²) in [5.74, 6) is 0.899. The third kappa shape index (κ3) is 2.87. The topological polar surface area (TPSA) is 26.0 Å². The summed E-state index contributed by atoms with van der Waals surface area (Å²) in [7, 11) is 0. The third-order valence-electron chi connectivity index (χ3n) is 2.96. The summed E-state index contributed by atoms with van der Waals surface area (Å²) in [5, 5.41) is 1.15. The average Bonchev–Trinajstić information content (AvgIpc) is 2.20. The van der Waals surface area contributed by atoms with Crippen LogP contribution in [0.5, 0.6) is 0 Å². The first-order valence-electron chi connectivity index (χ1n) is 5.14. The van der Waals surface area contributed by atoms with Gasteiger partial charge in [-0.3, -0.25) is 0 Å². The number of nitrogens with two attached hydrogens (primary N) is 1. The molecule has 0 aliphatic rings. The number of hydrogen-bond donors (Lipinski definition) is 1. The van der Waals surface area contributed by atoms with Crippen molar-refractivity contribution in [2.24, 2.45) is 17.6 Å². The van der Waals surface area contributed by atoms with Crippen molar-refractivity contribution in [1.29, 1.82) is 0 Å². The Morgan fingerprint density at radius 2 is 1.73 bits per heavy atom. The predicted octanol–water partition coefficient (Wildman–Crippen LogP) is 4.29. The molecule has 0 spiro atoms. The van der Waals surface area contributed by atoms with Crippen LogP contribution in [-0.2, 0) is 0 Å². The van der Waals surface area contributed by atoms with Gasteiger partial charge in [-0.15, -0.1) is 0 Å². The fourth-order valence-electron chi connectivity index (χ4n) is 1.48. The minimum absolute atomic E-state index is 0.0591. The van der Waals surface area contributed by atoms with Crippen LogP contribution < -0.4 is 5.73 Å². The predicted molar refractivity (Wildman–Crippen MR) is 67.4 cm³/mol. The van der Waals surface area contributed by atoms with Crippen LogP contribution in [0.3, 0.4) is 0 Å². The van der Waals surface area contributed by atoms with E-state index in [1.54, 1.807) is 6.07 Å². The second-order valence-electron chi connectivity index (χ2n) is 4.27. The Kier molecular flexibility index (Phi) is 4.45. The molecule has 84 valence electrons. The molecule has 0 aliphatic carbocycles. The summed E-state index contributed by atoms with van der Waals surface area (Å²) in [6, 6.07) is 5.55. The third-order valence-corrected chi connectivity index (χ3v) is 3.79. The average molecular weight is 246 g/mol. The Balaban J connectivity index is 3.01. The Morgan fingerprint density at radius 1 is 1.13 bits per heavy atom. The molecule has 1 aromatic carbocycles. The molecule has 0 bridgehead atoms. The maximum Gasteiger partial charge on any atom is 0.0640 e. The smallest absolute Gasteiger partial charge is 0.0640 e. The van der Waals surface area contributed by atoms with E-state index in [1.165, 1.54) is 0 Å². The summed E-state index contributed by atoms with van der Waals surface area (Å²) in [4.78, 5) is 0. The lowest BCUT2D eigenvalue weighted by molar-refractivity contribution is 0.352. The molecule has 2 N–H and O–H groups in total. The molecule has 3 heteroatoms. The SMILES string of the molecule is CC(C)C(C)C(N)c1cccc(Cl)c1Cl. The fourth-order valence-corrected chi connectivity index (χ4v) is 1.91. The van der Waals surface area contributed by atoms with E-state index in [4.69, 9.17) is 28.9 Å². The summed E-state index contributed by atoms with van der Waals surface area (Å²) in [6.07, 6.45) is 0. The summed E-state index contributed by atoms with van der Waals surface area (Å²) in [5.41, 5.74) is 7.10. The second-order valence-corrected chi connectivity index (χ2v) is 5.06. The van der Waals surface area contributed by atoms with Crippen LogP contribution >= 0.6 is 23.2 Å². The highest BCUT2D eigenvalue weighted by Gasteiger charge is 2.20. The largest absolute Gasteiger partial charge is 0.324 e. The van der Waals surface area contributed by atoms with E-state index in [0.717, 1.165) is 5.56 Å². The highest BCUT2D eigenvalue weighted by Crippen LogP contribution is 2.33. The first-order chi connectivity index (χ1) is 6.95. The molecule has 0 heterocycles. The number of benzene rings is 1. The van der Waals surface area contributed by atoms with Crippen molar-refractivity contribution in [1.82, 2.24) is 0 Å². The van der Waals surface area contributed by atoms with Crippen LogP contribution in [0, 0.1) is 11.8 Å². The van der Waals surface area contributed by atoms with Gasteiger partial charge in [0.05, 0.1) is 10.0 Å². The van der Waals surface area contributed by atoms with Gasteiger partial charge >= 0.3 is 0 Å². The Morgan fingerprint density at radius 3 is 2.27 bits per heavy atom. The van der Waals surface area contributed by atoms with Gasteiger partial charge in [0, 0.05) is 6.04 Å². The second kappa shape index (κ2) is 5.20. The molecule has 0 saturated carbocycles. The van der Waals surface area contributed by atoms with Crippen molar-refractivity contribution in [3.05, 3.63) is 33.8 Å². The van der Waals surface area contributed by atoms with E-state index in [9.17, 15) is 0 Å². The van der Waals surface area contributed by atoms with Gasteiger partial charge < -0.3 is 5.73 Å². The van der Waals surface area contributed by atoms with Crippen LogP contribution in [0.4, 0.5) is 0 Å². The highest BCUT2D eigenvalue weighted by molar-refractivity contribution is 6.42. The minimum atomic E-state index is -0.0591. The Hall–Kier alpha value is -0.240. The molecule has 0 fully saturated rings. The zero-order chi connectivity index (χ0) is 11.6. The lowest BCUT2D eigenvalue weighted by atomic mass is 9.87. The maximum absolute atomic E-state index is 6.17. The zero-order valence-electron chi connectivity index (χ0n) is 9.30. The lowest BCUT2D eigenvalue weighted by Gasteiger charge is -2.24. The summed E-state index contributed by atoms with van der Waals surface area (Å²) in [6.45, 7) is 6.44. The molecule has 2 atom stereocenters. The summed E-state index contributed by atoms with van der Waals surface area (Å²) >= 11 is 12.1. The molecule has 1 aromatic rings. The van der Waals surface area contributed by atoms with Gasteiger partial charge in [-0.2, -0.15) is 0 Å². The first kappa shape index (κ1) is 12.8. The number of hydrogen-bond acceptors (Lipinski definition) is 1. The normalized spacial score (nSPS) is 15.4. The fraction of sp³-hybridized carbons (Fsp3) is 0.500. The molecular formula is C12H17Cl2N. The monoisotopic (exact) mass is 245 g/mol. The number of halogens is 2. The van der Waals surface area contributed by atoms with E-state index in [2.05, 4.69) is 20.8 Å². The van der Waals surface area contributed by atoms with Crippen LogP contribution in [0.2, 0.25) is 10.0 Å². The maximum atomic E-state index is 6.17. The molecule has 2 unspecified atom stereocenters. The van der Waals surface area contributed by atoms with E-state index in [0.29, 0.717) is 21.9 Å². The standard InChI is InChI=1S/C12H17Cl2N/c1-7(2)8(3)12(15)9-5-4-6-10(13)11(9)14/h4-8,12H,15H2,1-3H3. The Labute approximate surface area is 102 Å². The van der Waals surface area contributed by atoms with Crippen molar-refractivity contribution in [3.8, 4) is 0 Å². The lowest BCUT2D eigenvalue weighted by Crippen LogP contribution is -2.23. The molecule has 15 heavy (non-hydrogen) atoms. The van der Waals surface area contributed by atoms with E-state index < -0.39 is 0 Å². The van der Waals surface area contributed by atoms with Gasteiger partial charge in [-0.05, 0) is 23.5 Å². The Bertz CT molecular complexity index is 336. The molecule has 0 saturated heterocycles. The molecule has 1 nitrogen and oxygen atoms in total. The van der Waals surface area contributed by atoms with Gasteiger partial charge in [-0.25, -0.2) is 0 Å². The molecule has 1 rings (SSSR count). The van der Waals surface area contributed by atoms with Gasteiger partial charge in [0.15, 0.2) is 0 Å². The van der Waals surface area contributed by atoms with Gasteiger partial charge in [0.25, 0.3) is 0 Å². The van der Waals surface area contributed by atoms with Crippen molar-refractivity contribution in [2.75, 3.05) is 0 Å². The van der Waals surface area contributed by atoms with Gasteiger partial charge in [0.1, 0.15) is 0 Å². The first-order valence-corrected chi connectivity index (χ1v) is 5.90. The van der Waals surface area contributed by atoms with E-state index in [-0.39, 0.29) is 6.04 Å². The van der Waals surface area contributed by atoms with E-state index >= 15 is 0 Å². The summed E-state index contributed by atoms with van der Waals surface area (Å²) < 4.78 is 0. The van der Waals surface area contributed by atoms with Crippen LogP contribution in [0.15, 0.2) is 18.2 Å². The molecule has 0 amide bonds. The molecule has 0 aliphatic heterocycles.